The van der Waals surface area contributed by atoms with E-state index in [-0.39, 0.29) is 5.91 Å². The highest BCUT2D eigenvalue weighted by Gasteiger charge is 2.38. The lowest BCUT2D eigenvalue weighted by molar-refractivity contribution is -0.133. The van der Waals surface area contributed by atoms with Crippen molar-refractivity contribution < 1.29 is 4.79 Å². The SMILES string of the molecule is CC(=O)N1CC2CCC1c1ccccc12. The fraction of sp³-hybridized carbons (Fsp3) is 0.462. The van der Waals surface area contributed by atoms with Crippen LogP contribution in [0.5, 0.6) is 0 Å². The first-order chi connectivity index (χ1) is 7.27. The molecule has 2 aliphatic heterocycles. The van der Waals surface area contributed by atoms with E-state index in [9.17, 15) is 4.79 Å². The van der Waals surface area contributed by atoms with Gasteiger partial charge in [0.1, 0.15) is 0 Å². The second-order valence-electron chi connectivity index (χ2n) is 4.59. The van der Waals surface area contributed by atoms with Gasteiger partial charge in [-0.25, -0.2) is 0 Å². The van der Waals surface area contributed by atoms with Gasteiger partial charge >= 0.3 is 0 Å². The Bertz CT molecular complexity index is 413. The lowest BCUT2D eigenvalue weighted by atomic mass is 9.75. The van der Waals surface area contributed by atoms with Gasteiger partial charge in [-0.05, 0) is 24.0 Å². The van der Waals surface area contributed by atoms with Crippen molar-refractivity contribution in [3.8, 4) is 0 Å². The molecule has 1 aromatic carbocycles. The van der Waals surface area contributed by atoms with Crippen LogP contribution in [0, 0.1) is 0 Å². The maximum absolute atomic E-state index is 11.5. The third-order valence-corrected chi connectivity index (χ3v) is 3.78. The topological polar surface area (TPSA) is 20.3 Å². The van der Waals surface area contributed by atoms with E-state index in [4.69, 9.17) is 0 Å². The van der Waals surface area contributed by atoms with E-state index >= 15 is 0 Å². The molecule has 0 aromatic heterocycles. The van der Waals surface area contributed by atoms with E-state index in [0.717, 1.165) is 13.0 Å². The van der Waals surface area contributed by atoms with Crippen LogP contribution in [0.3, 0.4) is 0 Å². The van der Waals surface area contributed by atoms with Crippen molar-refractivity contribution in [3.05, 3.63) is 35.4 Å². The Morgan fingerprint density at radius 2 is 2.00 bits per heavy atom. The summed E-state index contributed by atoms with van der Waals surface area (Å²) < 4.78 is 0. The molecule has 4 rings (SSSR count). The molecule has 1 aromatic rings. The molecular formula is C13H15NO. The Balaban J connectivity index is 2.09. The first kappa shape index (κ1) is 8.96. The molecule has 1 aliphatic carbocycles. The molecule has 1 fully saturated rings. The zero-order valence-electron chi connectivity index (χ0n) is 8.94. The summed E-state index contributed by atoms with van der Waals surface area (Å²) >= 11 is 0. The maximum atomic E-state index is 11.5. The Labute approximate surface area is 89.9 Å². The third-order valence-electron chi connectivity index (χ3n) is 3.78. The minimum absolute atomic E-state index is 0.221. The van der Waals surface area contributed by atoms with Gasteiger partial charge in [0.05, 0.1) is 6.04 Å². The molecule has 78 valence electrons. The van der Waals surface area contributed by atoms with Gasteiger partial charge in [-0.15, -0.1) is 0 Å². The van der Waals surface area contributed by atoms with Crippen LogP contribution in [-0.2, 0) is 4.79 Å². The van der Waals surface area contributed by atoms with Gasteiger partial charge < -0.3 is 4.90 Å². The summed E-state index contributed by atoms with van der Waals surface area (Å²) in [5.74, 6) is 0.800. The van der Waals surface area contributed by atoms with Gasteiger partial charge in [-0.3, -0.25) is 4.79 Å². The normalized spacial score (nSPS) is 27.7. The first-order valence-electron chi connectivity index (χ1n) is 5.63. The fourth-order valence-electron chi connectivity index (χ4n) is 3.08. The minimum atomic E-state index is 0.221. The lowest BCUT2D eigenvalue weighted by Crippen LogP contribution is -2.44. The summed E-state index contributed by atoms with van der Waals surface area (Å²) in [4.78, 5) is 13.6. The number of piperidine rings is 1. The maximum Gasteiger partial charge on any atom is 0.219 e. The number of hydrogen-bond acceptors (Lipinski definition) is 1. The van der Waals surface area contributed by atoms with Crippen LogP contribution in [0.1, 0.15) is 42.9 Å². The summed E-state index contributed by atoms with van der Waals surface area (Å²) in [5, 5.41) is 0. The van der Waals surface area contributed by atoms with E-state index in [1.165, 1.54) is 17.5 Å². The number of rotatable bonds is 0. The average Bonchev–Trinajstić information content (AvgIpc) is 2.30. The molecule has 2 bridgehead atoms. The molecule has 0 N–H and O–H groups in total. The summed E-state index contributed by atoms with van der Waals surface area (Å²) in [6.07, 6.45) is 2.38. The highest BCUT2D eigenvalue weighted by Crippen LogP contribution is 2.46. The number of amides is 1. The number of fused-ring (bicyclic) bond motifs is 2. The van der Waals surface area contributed by atoms with Gasteiger partial charge in [-0.2, -0.15) is 0 Å². The Kier molecular flexibility index (Phi) is 1.84. The number of carbonyl (C=O) groups is 1. The predicted molar refractivity (Wildman–Crippen MR) is 58.5 cm³/mol. The summed E-state index contributed by atoms with van der Waals surface area (Å²) in [6, 6.07) is 8.95. The Hall–Kier alpha value is -1.31. The number of benzene rings is 1. The van der Waals surface area contributed by atoms with Crippen molar-refractivity contribution in [1.29, 1.82) is 0 Å². The smallest absolute Gasteiger partial charge is 0.219 e. The van der Waals surface area contributed by atoms with Gasteiger partial charge in [0.2, 0.25) is 5.91 Å². The van der Waals surface area contributed by atoms with Crippen molar-refractivity contribution >= 4 is 5.91 Å². The van der Waals surface area contributed by atoms with Crippen molar-refractivity contribution in [1.82, 2.24) is 4.90 Å². The largest absolute Gasteiger partial charge is 0.335 e. The summed E-state index contributed by atoms with van der Waals surface area (Å²) in [5.41, 5.74) is 2.86. The highest BCUT2D eigenvalue weighted by atomic mass is 16.2. The molecule has 1 saturated heterocycles. The first-order valence-corrected chi connectivity index (χ1v) is 5.63. The lowest BCUT2D eigenvalue weighted by Gasteiger charge is -2.46. The van der Waals surface area contributed by atoms with Gasteiger partial charge in [-0.1, -0.05) is 24.3 Å². The van der Waals surface area contributed by atoms with Gasteiger partial charge in [0, 0.05) is 19.4 Å². The summed E-state index contributed by atoms with van der Waals surface area (Å²) in [7, 11) is 0. The molecule has 2 heterocycles. The predicted octanol–water partition coefficient (Wildman–Crippen LogP) is 2.47. The van der Waals surface area contributed by atoms with E-state index in [1.54, 1.807) is 6.92 Å². The van der Waals surface area contributed by atoms with Crippen LogP contribution in [0.25, 0.3) is 0 Å². The van der Waals surface area contributed by atoms with Crippen molar-refractivity contribution in [2.45, 2.75) is 31.7 Å². The molecular weight excluding hydrogens is 186 g/mol. The fourth-order valence-corrected chi connectivity index (χ4v) is 3.08. The van der Waals surface area contributed by atoms with E-state index in [2.05, 4.69) is 24.3 Å². The van der Waals surface area contributed by atoms with Crippen LogP contribution in [-0.4, -0.2) is 17.4 Å². The van der Waals surface area contributed by atoms with Crippen LogP contribution in [0.15, 0.2) is 24.3 Å². The molecule has 0 saturated carbocycles. The molecule has 0 spiro atoms. The molecule has 2 atom stereocenters. The Morgan fingerprint density at radius 3 is 2.73 bits per heavy atom. The standard InChI is InChI=1S/C13H15NO/c1-9(15)14-8-10-6-7-13(14)12-5-3-2-4-11(10)12/h2-5,10,13H,6-8H2,1H3. The van der Waals surface area contributed by atoms with E-state index < -0.39 is 0 Å². The van der Waals surface area contributed by atoms with E-state index in [1.807, 2.05) is 4.90 Å². The average molecular weight is 201 g/mol. The zero-order chi connectivity index (χ0) is 10.4. The van der Waals surface area contributed by atoms with Gasteiger partial charge in [0.15, 0.2) is 0 Å². The third kappa shape index (κ3) is 1.21. The molecule has 1 amide bonds. The second kappa shape index (κ2) is 3.09. The Morgan fingerprint density at radius 1 is 1.27 bits per heavy atom. The minimum Gasteiger partial charge on any atom is -0.335 e. The molecule has 3 aliphatic rings. The number of carbonyl (C=O) groups excluding carboxylic acids is 1. The molecule has 2 nitrogen and oxygen atoms in total. The number of hydrogen-bond donors (Lipinski definition) is 0. The van der Waals surface area contributed by atoms with E-state index in [0.29, 0.717) is 12.0 Å². The van der Waals surface area contributed by atoms with Crippen LogP contribution in [0.2, 0.25) is 0 Å². The molecule has 0 radical (unpaired) electrons. The summed E-state index contributed by atoms with van der Waals surface area (Å²) in [6.45, 7) is 2.61. The van der Waals surface area contributed by atoms with Gasteiger partial charge in [0.25, 0.3) is 0 Å². The van der Waals surface area contributed by atoms with Crippen molar-refractivity contribution in [3.63, 3.8) is 0 Å². The molecule has 2 unspecified atom stereocenters. The van der Waals surface area contributed by atoms with Crippen molar-refractivity contribution in [2.75, 3.05) is 6.54 Å². The molecule has 2 heteroatoms. The van der Waals surface area contributed by atoms with Crippen LogP contribution >= 0.6 is 0 Å². The van der Waals surface area contributed by atoms with Crippen LogP contribution in [0.4, 0.5) is 0 Å². The highest BCUT2D eigenvalue weighted by molar-refractivity contribution is 5.74. The van der Waals surface area contributed by atoms with Crippen molar-refractivity contribution in [2.24, 2.45) is 0 Å². The quantitative estimate of drug-likeness (QED) is 0.631. The number of nitrogens with zero attached hydrogens (tertiary/aromatic N) is 1. The zero-order valence-corrected chi connectivity index (χ0v) is 8.94. The second-order valence-corrected chi connectivity index (χ2v) is 4.59. The monoisotopic (exact) mass is 201 g/mol. The van der Waals surface area contributed by atoms with Crippen LogP contribution < -0.4 is 0 Å². The molecule has 15 heavy (non-hydrogen) atoms.